The van der Waals surface area contributed by atoms with Crippen LogP contribution in [-0.2, 0) is 37.4 Å². The van der Waals surface area contributed by atoms with Gasteiger partial charge in [0.2, 0.25) is 19.9 Å². The first kappa shape index (κ1) is 33.4. The number of ether oxygens (including phenoxy) is 3. The first-order valence-electron chi connectivity index (χ1n) is 12.1. The summed E-state index contributed by atoms with van der Waals surface area (Å²) in [6.07, 6.45) is -5.25. The van der Waals surface area contributed by atoms with Crippen molar-refractivity contribution in [2.45, 2.75) is 78.4 Å². The van der Waals surface area contributed by atoms with E-state index >= 15 is 4.39 Å². The molecule has 4 N–H and O–H groups in total. The summed E-state index contributed by atoms with van der Waals surface area (Å²) in [5.41, 5.74) is 2.01. The highest BCUT2D eigenvalue weighted by Crippen LogP contribution is 2.52. The summed E-state index contributed by atoms with van der Waals surface area (Å²) in [5, 5.41) is 20.9. The van der Waals surface area contributed by atoms with E-state index < -0.39 is 86.4 Å². The minimum Gasteiger partial charge on any atom is -0.438 e. The van der Waals surface area contributed by atoms with Crippen LogP contribution in [0.4, 0.5) is 4.39 Å². The Balaban J connectivity index is 2.17. The molecule has 0 aliphatic carbocycles. The second-order valence-electron chi connectivity index (χ2n) is 11.2. The van der Waals surface area contributed by atoms with Gasteiger partial charge in [0.15, 0.2) is 12.4 Å². The number of aliphatic hydroxyl groups is 2. The van der Waals surface area contributed by atoms with Crippen LogP contribution in [0.1, 0.15) is 48.0 Å². The normalized spacial score (nSPS) is 27.8. The number of hydrogen-bond acceptors (Lipinski definition) is 13. The molecule has 0 radical (unpaired) electrons. The van der Waals surface area contributed by atoms with Crippen molar-refractivity contribution < 1.29 is 52.0 Å². The monoisotopic (exact) mass is 601 g/mol. The van der Waals surface area contributed by atoms with Crippen molar-refractivity contribution in [1.82, 2.24) is 4.90 Å². The largest absolute Gasteiger partial charge is 0.438 e. The van der Waals surface area contributed by atoms with Crippen LogP contribution in [0.5, 0.6) is 0 Å². The third-order valence-corrected chi connectivity index (χ3v) is 8.07. The number of aliphatic imine (C=N–C) groups is 1. The van der Waals surface area contributed by atoms with Gasteiger partial charge in [-0.3, -0.25) is 23.2 Å². The molecule has 13 nitrogen and oxygen atoms in total. The van der Waals surface area contributed by atoms with Gasteiger partial charge >= 0.3 is 19.5 Å². The lowest BCUT2D eigenvalue weighted by molar-refractivity contribution is -0.162. The van der Waals surface area contributed by atoms with Crippen LogP contribution in [0, 0.1) is 10.8 Å². The Morgan fingerprint density at radius 3 is 2.10 bits per heavy atom. The molecule has 39 heavy (non-hydrogen) atoms. The Hall–Kier alpha value is -1.80. The molecule has 0 aromatic heterocycles. The van der Waals surface area contributed by atoms with Crippen molar-refractivity contribution in [3.63, 3.8) is 0 Å². The lowest BCUT2D eigenvalue weighted by Gasteiger charge is -2.34. The lowest BCUT2D eigenvalue weighted by Crippen LogP contribution is -2.46. The van der Waals surface area contributed by atoms with Gasteiger partial charge in [0.1, 0.15) is 17.5 Å². The summed E-state index contributed by atoms with van der Waals surface area (Å²) >= 11 is 6.10. The standard InChI is InChI=1S/C23H38ClFN3O10P/c1-21(2,3)18(30)34-12-36-39(33,37-13-35-19(31)22(4,5)6)10-8-23(11-24)16(29)15(25)17(38-23)28-9-7-14(26)27-20(28)32/h7,9,15-17,20,29,32H,8,10-13H2,1-6H3,(H2,26,27)/t15-,16+,17-,20?,23+/m1/s1. The van der Waals surface area contributed by atoms with Crippen LogP contribution in [0.3, 0.4) is 0 Å². The number of nitrogens with zero attached hydrogens (tertiary/aromatic N) is 2. The molecule has 224 valence electrons. The molecule has 2 rings (SSSR count). The van der Waals surface area contributed by atoms with Crippen LogP contribution in [0.25, 0.3) is 0 Å². The third kappa shape index (κ3) is 8.59. The SMILES string of the molecule is CC(C)(C)C(=O)OCOP(=O)(CC[C@@]1(CCl)O[C@@H](N2C=CC(N)=NC2O)[C@H](F)[C@@H]1O)OCOC(=O)C(C)(C)C. The van der Waals surface area contributed by atoms with Crippen molar-refractivity contribution in [2.24, 2.45) is 21.6 Å². The van der Waals surface area contributed by atoms with Crippen molar-refractivity contribution in [1.29, 1.82) is 0 Å². The number of carbonyl (C=O) groups excluding carboxylic acids is 2. The van der Waals surface area contributed by atoms with E-state index in [1.807, 2.05) is 0 Å². The lowest BCUT2D eigenvalue weighted by atomic mass is 9.95. The number of halogens is 2. The van der Waals surface area contributed by atoms with E-state index in [1.54, 1.807) is 41.5 Å². The topological polar surface area (TPSA) is 179 Å². The van der Waals surface area contributed by atoms with Crippen LogP contribution in [0.2, 0.25) is 0 Å². The van der Waals surface area contributed by atoms with Gasteiger partial charge in [-0.2, -0.15) is 0 Å². The fraction of sp³-hybridized carbons (Fsp3) is 0.783. The van der Waals surface area contributed by atoms with Gasteiger partial charge in [0.05, 0.1) is 22.9 Å². The van der Waals surface area contributed by atoms with E-state index in [0.717, 1.165) is 4.90 Å². The highest BCUT2D eigenvalue weighted by atomic mass is 35.5. The van der Waals surface area contributed by atoms with Gasteiger partial charge in [-0.1, -0.05) is 0 Å². The van der Waals surface area contributed by atoms with Gasteiger partial charge in [0, 0.05) is 6.20 Å². The number of hydrogen-bond donors (Lipinski definition) is 3. The van der Waals surface area contributed by atoms with Crippen LogP contribution >= 0.6 is 19.2 Å². The van der Waals surface area contributed by atoms with E-state index in [1.165, 1.54) is 12.3 Å². The molecule has 1 saturated heterocycles. The highest BCUT2D eigenvalue weighted by Gasteiger charge is 2.57. The molecule has 2 heterocycles. The summed E-state index contributed by atoms with van der Waals surface area (Å²) in [5.74, 6) is -1.72. The number of esters is 2. The molecular weight excluding hydrogens is 564 g/mol. The predicted octanol–water partition coefficient (Wildman–Crippen LogP) is 2.19. The molecule has 16 heteroatoms. The van der Waals surface area contributed by atoms with Crippen molar-refractivity contribution in [2.75, 3.05) is 25.6 Å². The maximum absolute atomic E-state index is 15.2. The molecule has 2 aliphatic heterocycles. The molecule has 0 saturated carbocycles. The van der Waals surface area contributed by atoms with Crippen LogP contribution in [-0.4, -0.2) is 89.0 Å². The fourth-order valence-corrected chi connectivity index (χ4v) is 5.14. The Bertz CT molecular complexity index is 966. The maximum atomic E-state index is 15.2. The zero-order chi connectivity index (χ0) is 29.8. The summed E-state index contributed by atoms with van der Waals surface area (Å²) < 4.78 is 55.1. The van der Waals surface area contributed by atoms with Gasteiger partial charge in [-0.25, -0.2) is 9.38 Å². The number of aliphatic hydroxyl groups excluding tert-OH is 2. The maximum Gasteiger partial charge on any atom is 0.336 e. The smallest absolute Gasteiger partial charge is 0.336 e. The van der Waals surface area contributed by atoms with Gasteiger partial charge in [0.25, 0.3) is 0 Å². The summed E-state index contributed by atoms with van der Waals surface area (Å²) in [7, 11) is -4.21. The molecular formula is C23H38ClFN3O10P. The van der Waals surface area contributed by atoms with Crippen molar-refractivity contribution >= 4 is 37.0 Å². The average Bonchev–Trinajstić information content (AvgIpc) is 3.07. The van der Waals surface area contributed by atoms with E-state index in [0.29, 0.717) is 0 Å². The van der Waals surface area contributed by atoms with E-state index in [9.17, 15) is 24.4 Å². The molecule has 1 fully saturated rings. The quantitative estimate of drug-likeness (QED) is 0.136. The van der Waals surface area contributed by atoms with E-state index in [-0.39, 0.29) is 12.3 Å². The van der Waals surface area contributed by atoms with E-state index in [2.05, 4.69) is 4.99 Å². The second kappa shape index (κ2) is 12.8. The molecule has 1 unspecified atom stereocenters. The molecule has 0 spiro atoms. The highest BCUT2D eigenvalue weighted by molar-refractivity contribution is 7.53. The molecule has 0 amide bonds. The molecule has 0 aromatic carbocycles. The third-order valence-electron chi connectivity index (χ3n) is 5.85. The van der Waals surface area contributed by atoms with Crippen molar-refractivity contribution in [3.05, 3.63) is 12.3 Å². The summed E-state index contributed by atoms with van der Waals surface area (Å²) in [6.45, 7) is 8.15. The molecule has 0 bridgehead atoms. The summed E-state index contributed by atoms with van der Waals surface area (Å²) in [4.78, 5) is 28.9. The Kier molecular flexibility index (Phi) is 11.0. The zero-order valence-electron chi connectivity index (χ0n) is 22.8. The van der Waals surface area contributed by atoms with Crippen molar-refractivity contribution in [3.8, 4) is 0 Å². The Morgan fingerprint density at radius 1 is 1.15 bits per heavy atom. The Labute approximate surface area is 231 Å². The number of alkyl halides is 2. The van der Waals surface area contributed by atoms with Gasteiger partial charge in [-0.05, 0) is 54.0 Å². The predicted molar refractivity (Wildman–Crippen MR) is 138 cm³/mol. The number of amidine groups is 1. The zero-order valence-corrected chi connectivity index (χ0v) is 24.5. The van der Waals surface area contributed by atoms with E-state index in [4.69, 9.17) is 40.6 Å². The minimum absolute atomic E-state index is 0.00543. The number of rotatable bonds is 11. The summed E-state index contributed by atoms with van der Waals surface area (Å²) in [6, 6.07) is 0. The van der Waals surface area contributed by atoms with Gasteiger partial charge < -0.3 is 35.1 Å². The minimum atomic E-state index is -4.21. The van der Waals surface area contributed by atoms with Gasteiger partial charge in [-0.15, -0.1) is 11.6 Å². The molecule has 5 atom stereocenters. The first-order chi connectivity index (χ1) is 17.8. The Morgan fingerprint density at radius 2 is 1.67 bits per heavy atom. The van der Waals surface area contributed by atoms with Crippen LogP contribution in [0.15, 0.2) is 17.3 Å². The van der Waals surface area contributed by atoms with Crippen LogP contribution < -0.4 is 5.73 Å². The number of carbonyl (C=O) groups is 2. The first-order valence-corrected chi connectivity index (χ1v) is 14.4. The molecule has 0 aromatic rings. The average molecular weight is 602 g/mol. The second-order valence-corrected chi connectivity index (χ2v) is 13.7. The molecule has 2 aliphatic rings. The fourth-order valence-electron chi connectivity index (χ4n) is 3.38. The number of nitrogens with two attached hydrogens (primary N) is 1.